The molecule has 1 saturated carbocycles. The van der Waals surface area contributed by atoms with Crippen molar-refractivity contribution >= 4 is 23.1 Å². The van der Waals surface area contributed by atoms with Gasteiger partial charge >= 0.3 is 0 Å². The van der Waals surface area contributed by atoms with Crippen LogP contribution in [-0.2, 0) is 0 Å². The first-order valence-electron chi connectivity index (χ1n) is 7.34. The largest absolute Gasteiger partial charge is 0.494 e. The van der Waals surface area contributed by atoms with Crippen molar-refractivity contribution in [2.24, 2.45) is 0 Å². The van der Waals surface area contributed by atoms with Crippen molar-refractivity contribution in [2.45, 2.75) is 43.9 Å². The highest BCUT2D eigenvalue weighted by Crippen LogP contribution is 2.31. The lowest BCUT2D eigenvalue weighted by Crippen LogP contribution is -2.27. The maximum absolute atomic E-state index is 11.0. The van der Waals surface area contributed by atoms with Crippen molar-refractivity contribution in [2.75, 3.05) is 18.2 Å². The fourth-order valence-corrected chi connectivity index (χ4v) is 3.44. The molecule has 21 heavy (non-hydrogen) atoms. The summed E-state index contributed by atoms with van der Waals surface area (Å²) in [5.41, 5.74) is 0.849. The number of nitrogens with one attached hydrogen (secondary N) is 1. The van der Waals surface area contributed by atoms with Crippen LogP contribution in [-0.4, -0.2) is 29.1 Å². The maximum Gasteiger partial charge on any atom is 0.275 e. The number of rotatable bonds is 6. The van der Waals surface area contributed by atoms with E-state index in [4.69, 9.17) is 4.74 Å². The van der Waals surface area contributed by atoms with Gasteiger partial charge in [0.15, 0.2) is 0 Å². The van der Waals surface area contributed by atoms with Gasteiger partial charge in [0.1, 0.15) is 5.75 Å². The number of non-ortho nitro benzene ring substituents is 1. The normalized spacial score (nSPS) is 21.8. The van der Waals surface area contributed by atoms with E-state index in [1.807, 2.05) is 24.8 Å². The van der Waals surface area contributed by atoms with Crippen LogP contribution in [0.5, 0.6) is 5.75 Å². The molecule has 1 fully saturated rings. The molecular weight excluding hydrogens is 288 g/mol. The maximum atomic E-state index is 11.0. The van der Waals surface area contributed by atoms with Crippen LogP contribution in [0.25, 0.3) is 0 Å². The topological polar surface area (TPSA) is 64.4 Å². The Morgan fingerprint density at radius 1 is 1.33 bits per heavy atom. The number of nitrogens with zero attached hydrogens (tertiary/aromatic N) is 1. The minimum atomic E-state index is -0.377. The molecule has 1 aromatic rings. The van der Waals surface area contributed by atoms with Gasteiger partial charge in [0.2, 0.25) is 0 Å². The summed E-state index contributed by atoms with van der Waals surface area (Å²) in [4.78, 5) is 10.6. The third-order valence-electron chi connectivity index (χ3n) is 3.79. The molecule has 116 valence electrons. The summed E-state index contributed by atoms with van der Waals surface area (Å²) in [6, 6.07) is 5.30. The van der Waals surface area contributed by atoms with Crippen molar-refractivity contribution < 1.29 is 9.66 Å². The molecule has 6 heteroatoms. The van der Waals surface area contributed by atoms with Crippen molar-refractivity contribution in [3.8, 4) is 5.75 Å². The van der Waals surface area contributed by atoms with E-state index in [0.717, 1.165) is 23.8 Å². The lowest BCUT2D eigenvalue weighted by atomic mass is 9.95. The summed E-state index contributed by atoms with van der Waals surface area (Å²) in [5, 5.41) is 15.2. The van der Waals surface area contributed by atoms with E-state index in [-0.39, 0.29) is 10.6 Å². The molecule has 0 amide bonds. The van der Waals surface area contributed by atoms with Gasteiger partial charge in [-0.2, -0.15) is 11.8 Å². The lowest BCUT2D eigenvalue weighted by Gasteiger charge is -2.28. The zero-order valence-corrected chi connectivity index (χ0v) is 13.3. The summed E-state index contributed by atoms with van der Waals surface area (Å²) >= 11 is 1.93. The van der Waals surface area contributed by atoms with Crippen LogP contribution in [0, 0.1) is 10.1 Å². The number of benzene rings is 1. The summed E-state index contributed by atoms with van der Waals surface area (Å²) < 4.78 is 5.41. The van der Waals surface area contributed by atoms with Crippen LogP contribution in [0.3, 0.4) is 0 Å². The third kappa shape index (κ3) is 4.52. The fraction of sp³-hybridized carbons (Fsp3) is 0.600. The van der Waals surface area contributed by atoms with E-state index in [1.165, 1.54) is 18.9 Å². The molecule has 0 unspecified atom stereocenters. The van der Waals surface area contributed by atoms with E-state index in [9.17, 15) is 10.1 Å². The molecule has 0 aliphatic heterocycles. The lowest BCUT2D eigenvalue weighted by molar-refractivity contribution is -0.384. The van der Waals surface area contributed by atoms with Crippen LogP contribution in [0.15, 0.2) is 18.2 Å². The molecule has 0 radical (unpaired) electrons. The first-order valence-corrected chi connectivity index (χ1v) is 8.62. The van der Waals surface area contributed by atoms with Gasteiger partial charge in [-0.15, -0.1) is 0 Å². The standard InChI is InChI=1S/C15H22N2O3S/c1-3-20-14-9-12(8-13(10-14)17(18)19)16-11-4-6-15(21-2)7-5-11/h8-11,15-16H,3-7H2,1-2H3. The van der Waals surface area contributed by atoms with Gasteiger partial charge in [0.25, 0.3) is 5.69 Å². The molecule has 2 rings (SSSR count). The Balaban J connectivity index is 2.06. The Bertz CT molecular complexity index is 488. The monoisotopic (exact) mass is 310 g/mol. The summed E-state index contributed by atoms with van der Waals surface area (Å²) in [6.45, 7) is 2.37. The number of hydrogen-bond acceptors (Lipinski definition) is 5. The molecule has 1 aliphatic carbocycles. The van der Waals surface area contributed by atoms with Gasteiger partial charge in [-0.3, -0.25) is 10.1 Å². The number of nitro groups is 1. The minimum absolute atomic E-state index is 0.0706. The van der Waals surface area contributed by atoms with Gasteiger partial charge in [0.05, 0.1) is 17.6 Å². The summed E-state index contributed by atoms with van der Waals surface area (Å²) in [7, 11) is 0. The third-order valence-corrected chi connectivity index (χ3v) is 4.93. The quantitative estimate of drug-likeness (QED) is 0.633. The SMILES string of the molecule is CCOc1cc(NC2CCC(SC)CC2)cc([N+](=O)[O-])c1. The highest BCUT2D eigenvalue weighted by Gasteiger charge is 2.21. The number of hydrogen-bond donors (Lipinski definition) is 1. The first kappa shape index (κ1) is 15.9. The Morgan fingerprint density at radius 3 is 2.62 bits per heavy atom. The number of anilines is 1. The summed E-state index contributed by atoms with van der Waals surface area (Å²) in [6.07, 6.45) is 6.78. The van der Waals surface area contributed by atoms with Crippen molar-refractivity contribution in [3.05, 3.63) is 28.3 Å². The smallest absolute Gasteiger partial charge is 0.275 e. The van der Waals surface area contributed by atoms with Crippen molar-refractivity contribution in [3.63, 3.8) is 0 Å². The van der Waals surface area contributed by atoms with E-state index in [0.29, 0.717) is 18.4 Å². The van der Waals surface area contributed by atoms with Crippen molar-refractivity contribution in [1.29, 1.82) is 0 Å². The van der Waals surface area contributed by atoms with Crippen LogP contribution in [0.1, 0.15) is 32.6 Å². The van der Waals surface area contributed by atoms with Gasteiger partial charge in [0, 0.05) is 29.1 Å². The minimum Gasteiger partial charge on any atom is -0.494 e. The number of thioether (sulfide) groups is 1. The second kappa shape index (κ2) is 7.54. The molecule has 0 spiro atoms. The van der Waals surface area contributed by atoms with Crippen molar-refractivity contribution in [1.82, 2.24) is 0 Å². The molecule has 0 atom stereocenters. The van der Waals surface area contributed by atoms with Gasteiger partial charge in [-0.1, -0.05) is 0 Å². The van der Waals surface area contributed by atoms with E-state index >= 15 is 0 Å². The fourth-order valence-electron chi connectivity index (χ4n) is 2.70. The first-order chi connectivity index (χ1) is 10.1. The van der Waals surface area contributed by atoms with Crippen LogP contribution in [0.2, 0.25) is 0 Å². The van der Waals surface area contributed by atoms with E-state index in [2.05, 4.69) is 11.6 Å². The average molecular weight is 310 g/mol. The predicted octanol–water partition coefficient (Wildman–Crippen LogP) is 4.08. The molecule has 1 aliphatic rings. The van der Waals surface area contributed by atoms with Gasteiger partial charge in [-0.25, -0.2) is 0 Å². The highest BCUT2D eigenvalue weighted by molar-refractivity contribution is 7.99. The van der Waals surface area contributed by atoms with Crippen LogP contribution >= 0.6 is 11.8 Å². The molecule has 0 heterocycles. The Kier molecular flexibility index (Phi) is 5.73. The van der Waals surface area contributed by atoms with E-state index < -0.39 is 0 Å². The van der Waals surface area contributed by atoms with Gasteiger partial charge in [-0.05, 0) is 38.9 Å². The Morgan fingerprint density at radius 2 is 2.05 bits per heavy atom. The second-order valence-corrected chi connectivity index (χ2v) is 6.40. The summed E-state index contributed by atoms with van der Waals surface area (Å²) in [5.74, 6) is 0.548. The number of ether oxygens (including phenoxy) is 1. The Hall–Kier alpha value is -1.43. The van der Waals surface area contributed by atoms with Gasteiger partial charge < -0.3 is 10.1 Å². The molecule has 1 N–H and O–H groups in total. The van der Waals surface area contributed by atoms with Crippen LogP contribution in [0.4, 0.5) is 11.4 Å². The molecule has 0 aromatic heterocycles. The second-order valence-electron chi connectivity index (χ2n) is 5.26. The zero-order chi connectivity index (χ0) is 15.2. The molecule has 0 saturated heterocycles. The number of nitro benzene ring substituents is 1. The molecule has 1 aromatic carbocycles. The van der Waals surface area contributed by atoms with Crippen LogP contribution < -0.4 is 10.1 Å². The Labute approximate surface area is 129 Å². The molecule has 5 nitrogen and oxygen atoms in total. The zero-order valence-electron chi connectivity index (χ0n) is 12.5. The highest BCUT2D eigenvalue weighted by atomic mass is 32.2. The molecular formula is C15H22N2O3S. The average Bonchev–Trinajstić information content (AvgIpc) is 2.48. The predicted molar refractivity (Wildman–Crippen MR) is 87.4 cm³/mol. The molecule has 0 bridgehead atoms. The van der Waals surface area contributed by atoms with E-state index in [1.54, 1.807) is 6.07 Å².